The average Bonchev–Trinajstić information content (AvgIpc) is 3.09. The number of carbonyl (C=O) groups excluding carboxylic acids is 1. The summed E-state index contributed by atoms with van der Waals surface area (Å²) >= 11 is 0. The van der Waals surface area contributed by atoms with Gasteiger partial charge in [-0.05, 0) is 37.5 Å². The summed E-state index contributed by atoms with van der Waals surface area (Å²) in [6, 6.07) is 0. The van der Waals surface area contributed by atoms with Crippen LogP contribution in [-0.4, -0.2) is 55.0 Å². The fourth-order valence-electron chi connectivity index (χ4n) is 7.30. The van der Waals surface area contributed by atoms with Crippen molar-refractivity contribution in [1.29, 1.82) is 0 Å². The Balaban J connectivity index is 1.44. The Bertz CT molecular complexity index is 698. The number of aliphatic hydroxyl groups excluding tert-OH is 1. The van der Waals surface area contributed by atoms with Crippen LogP contribution in [-0.2, 0) is 23.7 Å². The maximum atomic E-state index is 11.5. The summed E-state index contributed by atoms with van der Waals surface area (Å²) in [5.74, 6) is 0.368. The number of aliphatic hydroxyl groups is 1. The molecular weight excluding hydrogens is 336 g/mol. The van der Waals surface area contributed by atoms with Crippen LogP contribution < -0.4 is 0 Å². The number of ether oxygens (including phenoxy) is 4. The molecule has 0 radical (unpaired) electrons. The van der Waals surface area contributed by atoms with Crippen LogP contribution in [0.1, 0.15) is 39.0 Å². The van der Waals surface area contributed by atoms with Gasteiger partial charge in [-0.25, -0.2) is 4.79 Å². The second-order valence-corrected chi connectivity index (χ2v) is 9.33. The topological polar surface area (TPSA) is 77.5 Å². The zero-order valence-electron chi connectivity index (χ0n) is 15.1. The molecule has 5 fully saturated rings. The monoisotopic (exact) mass is 362 g/mol. The number of cyclic esters (lactones) is 1. The van der Waals surface area contributed by atoms with Crippen molar-refractivity contribution in [3.05, 3.63) is 11.6 Å². The lowest BCUT2D eigenvalue weighted by atomic mass is 9.41. The third kappa shape index (κ3) is 1.66. The molecule has 6 rings (SSSR count). The van der Waals surface area contributed by atoms with E-state index < -0.39 is 0 Å². The minimum atomic E-state index is -0.383. The van der Waals surface area contributed by atoms with Gasteiger partial charge in [0.15, 0.2) is 6.29 Å². The summed E-state index contributed by atoms with van der Waals surface area (Å²) in [7, 11) is 0. The Morgan fingerprint density at radius 1 is 1.31 bits per heavy atom. The van der Waals surface area contributed by atoms with E-state index in [2.05, 4.69) is 6.92 Å². The third-order valence-electron chi connectivity index (χ3n) is 8.61. The summed E-state index contributed by atoms with van der Waals surface area (Å²) in [6.45, 7) is 3.82. The van der Waals surface area contributed by atoms with Gasteiger partial charge in [-0.15, -0.1) is 0 Å². The predicted molar refractivity (Wildman–Crippen MR) is 88.9 cm³/mol. The molecule has 8 atom stereocenters. The van der Waals surface area contributed by atoms with Gasteiger partial charge in [0.1, 0.15) is 12.2 Å². The summed E-state index contributed by atoms with van der Waals surface area (Å²) in [5, 5.41) is 11.2. The second-order valence-electron chi connectivity index (χ2n) is 9.33. The molecule has 6 nitrogen and oxygen atoms in total. The first kappa shape index (κ1) is 16.0. The highest BCUT2D eigenvalue weighted by Gasteiger charge is 2.79. The quantitative estimate of drug-likeness (QED) is 0.563. The lowest BCUT2D eigenvalue weighted by molar-refractivity contribution is -0.330. The first-order chi connectivity index (χ1) is 12.5. The molecule has 2 spiro atoms. The van der Waals surface area contributed by atoms with Gasteiger partial charge in [0, 0.05) is 17.1 Å². The van der Waals surface area contributed by atoms with Crippen molar-refractivity contribution < 1.29 is 28.8 Å². The van der Waals surface area contributed by atoms with Crippen molar-refractivity contribution in [1.82, 2.24) is 0 Å². The average molecular weight is 362 g/mol. The number of rotatable bonds is 1. The highest BCUT2D eigenvalue weighted by atomic mass is 16.7. The summed E-state index contributed by atoms with van der Waals surface area (Å²) in [5.41, 5.74) is 0.313. The van der Waals surface area contributed by atoms with Crippen LogP contribution in [0, 0.1) is 22.7 Å². The van der Waals surface area contributed by atoms with Crippen molar-refractivity contribution in [2.45, 2.75) is 63.1 Å². The van der Waals surface area contributed by atoms with Gasteiger partial charge < -0.3 is 24.1 Å². The highest BCUT2D eigenvalue weighted by molar-refractivity contribution is 5.85. The van der Waals surface area contributed by atoms with Crippen molar-refractivity contribution in [3.8, 4) is 0 Å². The van der Waals surface area contributed by atoms with E-state index >= 15 is 0 Å². The smallest absolute Gasteiger partial charge is 0.331 e. The molecule has 3 saturated heterocycles. The first-order valence-corrected chi connectivity index (χ1v) is 9.98. The van der Waals surface area contributed by atoms with Crippen LogP contribution in [0.4, 0.5) is 0 Å². The first-order valence-electron chi connectivity index (χ1n) is 9.98. The van der Waals surface area contributed by atoms with E-state index in [9.17, 15) is 9.90 Å². The molecule has 6 aliphatic rings. The largest absolute Gasteiger partial charge is 0.458 e. The van der Waals surface area contributed by atoms with Crippen LogP contribution >= 0.6 is 0 Å². The Hall–Kier alpha value is -0.950. The molecule has 142 valence electrons. The van der Waals surface area contributed by atoms with Gasteiger partial charge in [-0.3, -0.25) is 0 Å². The molecule has 4 aliphatic heterocycles. The molecule has 6 heteroatoms. The fraction of sp³-hybridized carbons (Fsp3) is 0.850. The van der Waals surface area contributed by atoms with Crippen molar-refractivity contribution in [2.75, 3.05) is 19.8 Å². The molecule has 0 aromatic carbocycles. The van der Waals surface area contributed by atoms with Gasteiger partial charge in [-0.2, -0.15) is 0 Å². The number of hydrogen-bond acceptors (Lipinski definition) is 6. The van der Waals surface area contributed by atoms with Crippen LogP contribution in [0.2, 0.25) is 0 Å². The Morgan fingerprint density at radius 3 is 2.88 bits per heavy atom. The number of epoxide rings is 1. The number of esters is 1. The van der Waals surface area contributed by atoms with E-state index in [1.54, 1.807) is 6.08 Å². The minimum absolute atomic E-state index is 0.117. The normalized spacial score (nSPS) is 57.4. The zero-order valence-corrected chi connectivity index (χ0v) is 15.1. The van der Waals surface area contributed by atoms with E-state index in [1.807, 2.05) is 0 Å². The number of hydrogen-bond donors (Lipinski definition) is 1. The molecule has 2 bridgehead atoms. The SMILES string of the molecule is C[C@@H]1C[C@@H](O)[C@]23CO[C@H]4O[C@H](C5=CC(=O)OC5)C[C@@]41[C@H]2CCC[C@]31CO1. The molecular formula is C20H26O6. The van der Waals surface area contributed by atoms with Crippen LogP contribution in [0.5, 0.6) is 0 Å². The Morgan fingerprint density at radius 2 is 2.15 bits per heavy atom. The highest BCUT2D eigenvalue weighted by Crippen LogP contribution is 2.73. The van der Waals surface area contributed by atoms with Crippen LogP contribution in [0.15, 0.2) is 11.6 Å². The predicted octanol–water partition coefficient (Wildman–Crippen LogP) is 1.56. The maximum Gasteiger partial charge on any atom is 0.331 e. The van der Waals surface area contributed by atoms with E-state index in [0.717, 1.165) is 44.3 Å². The van der Waals surface area contributed by atoms with Gasteiger partial charge >= 0.3 is 5.97 Å². The van der Waals surface area contributed by atoms with Gasteiger partial charge in [0.05, 0.1) is 30.8 Å². The summed E-state index contributed by atoms with van der Waals surface area (Å²) in [6.07, 6.45) is 5.68. The van der Waals surface area contributed by atoms with Crippen LogP contribution in [0.25, 0.3) is 0 Å². The second kappa shape index (κ2) is 4.90. The van der Waals surface area contributed by atoms with Crippen molar-refractivity contribution in [3.63, 3.8) is 0 Å². The van der Waals surface area contributed by atoms with Gasteiger partial charge in [0.2, 0.25) is 0 Å². The minimum Gasteiger partial charge on any atom is -0.458 e. The lowest BCUT2D eigenvalue weighted by Crippen LogP contribution is -2.71. The fourth-order valence-corrected chi connectivity index (χ4v) is 7.30. The molecule has 0 aromatic rings. The standard InChI is InChI=1S/C20H26O6/c1-11-5-15(21)20-10-24-17-19(11,14(20)3-2-4-18(20)9-25-18)7-13(26-17)12-6-16(22)23-8-12/h6,11,13-15,17,21H,2-5,7-10H2,1H3/t11-,13+,14-,15-,17+,18+,19-,20+/m1/s1. The van der Waals surface area contributed by atoms with E-state index in [0.29, 0.717) is 25.0 Å². The third-order valence-corrected chi connectivity index (χ3v) is 8.61. The molecule has 26 heavy (non-hydrogen) atoms. The van der Waals surface area contributed by atoms with Gasteiger partial charge in [0.25, 0.3) is 0 Å². The van der Waals surface area contributed by atoms with Crippen LogP contribution in [0.3, 0.4) is 0 Å². The molecule has 2 saturated carbocycles. The molecule has 4 heterocycles. The lowest BCUT2D eigenvalue weighted by Gasteiger charge is -2.66. The van der Waals surface area contributed by atoms with E-state index in [1.165, 1.54) is 0 Å². The van der Waals surface area contributed by atoms with Crippen molar-refractivity contribution in [2.24, 2.45) is 22.7 Å². The zero-order chi connectivity index (χ0) is 17.7. The Labute approximate surface area is 152 Å². The van der Waals surface area contributed by atoms with E-state index in [4.69, 9.17) is 18.9 Å². The maximum absolute atomic E-state index is 11.5. The summed E-state index contributed by atoms with van der Waals surface area (Å²) in [4.78, 5) is 11.5. The molecule has 1 N–H and O–H groups in total. The van der Waals surface area contributed by atoms with E-state index in [-0.39, 0.29) is 40.9 Å². The van der Waals surface area contributed by atoms with Crippen molar-refractivity contribution >= 4 is 5.97 Å². The summed E-state index contributed by atoms with van der Waals surface area (Å²) < 4.78 is 23.8. The molecule has 0 unspecified atom stereocenters. The molecule has 2 aliphatic carbocycles. The molecule has 0 amide bonds. The number of carbonyl (C=O) groups is 1. The Kier molecular flexibility index (Phi) is 3.03. The van der Waals surface area contributed by atoms with Gasteiger partial charge in [-0.1, -0.05) is 13.3 Å². The molecule has 0 aromatic heterocycles.